The number of nitrogens with one attached hydrogen (secondary N) is 2. The van der Waals surface area contributed by atoms with Crippen molar-refractivity contribution in [1.82, 2.24) is 15.6 Å². The highest BCUT2D eigenvalue weighted by atomic mass is 16.2. The molecule has 17 heavy (non-hydrogen) atoms. The van der Waals surface area contributed by atoms with Gasteiger partial charge in [0.15, 0.2) is 0 Å². The predicted octanol–water partition coefficient (Wildman–Crippen LogP) is 0.0630. The molecule has 4 N–H and O–H groups in total. The molecule has 6 heteroatoms. The van der Waals surface area contributed by atoms with E-state index in [1.165, 1.54) is 0 Å². The summed E-state index contributed by atoms with van der Waals surface area (Å²) in [7, 11) is 0. The van der Waals surface area contributed by atoms with Crippen LogP contribution in [0.25, 0.3) is 0 Å². The Morgan fingerprint density at radius 1 is 1.47 bits per heavy atom. The van der Waals surface area contributed by atoms with Gasteiger partial charge in [-0.05, 0) is 25.5 Å². The van der Waals surface area contributed by atoms with E-state index < -0.39 is 18.0 Å². The maximum Gasteiger partial charge on any atom is 0.318 e. The van der Waals surface area contributed by atoms with Gasteiger partial charge in [-0.25, -0.2) is 4.79 Å². The zero-order valence-corrected chi connectivity index (χ0v) is 9.86. The van der Waals surface area contributed by atoms with Crippen molar-refractivity contribution in [3.8, 4) is 0 Å². The van der Waals surface area contributed by atoms with E-state index in [9.17, 15) is 9.59 Å². The Kier molecular flexibility index (Phi) is 4.59. The Balaban J connectivity index is 2.42. The number of carbonyl (C=O) groups excluding carboxylic acids is 2. The first-order chi connectivity index (χ1) is 7.99. The number of urea groups is 1. The number of nitrogens with zero attached hydrogens (tertiary/aromatic N) is 1. The van der Waals surface area contributed by atoms with Crippen molar-refractivity contribution in [1.29, 1.82) is 0 Å². The van der Waals surface area contributed by atoms with Crippen molar-refractivity contribution >= 4 is 11.9 Å². The smallest absolute Gasteiger partial charge is 0.318 e. The molecule has 0 aliphatic heterocycles. The summed E-state index contributed by atoms with van der Waals surface area (Å²) in [5, 5.41) is 4.97. The molecule has 0 radical (unpaired) electrons. The summed E-state index contributed by atoms with van der Waals surface area (Å²) < 4.78 is 0. The first kappa shape index (κ1) is 13.1. The lowest BCUT2D eigenvalue weighted by atomic mass is 10.2. The van der Waals surface area contributed by atoms with Crippen LogP contribution in [0.4, 0.5) is 4.79 Å². The van der Waals surface area contributed by atoms with Crippen molar-refractivity contribution < 1.29 is 9.59 Å². The average molecular weight is 236 g/mol. The second-order valence-corrected chi connectivity index (χ2v) is 3.76. The molecule has 0 fully saturated rings. The number of pyridine rings is 1. The largest absolute Gasteiger partial charge is 0.351 e. The molecule has 0 saturated heterocycles. The van der Waals surface area contributed by atoms with Crippen LogP contribution in [0.2, 0.25) is 0 Å². The van der Waals surface area contributed by atoms with E-state index in [0.717, 1.165) is 11.3 Å². The molecular weight excluding hydrogens is 220 g/mol. The summed E-state index contributed by atoms with van der Waals surface area (Å²) in [4.78, 5) is 26.0. The third-order valence-electron chi connectivity index (χ3n) is 2.22. The zero-order valence-electron chi connectivity index (χ0n) is 9.86. The summed E-state index contributed by atoms with van der Waals surface area (Å²) in [5.41, 5.74) is 6.75. The van der Waals surface area contributed by atoms with Crippen LogP contribution in [0.1, 0.15) is 18.2 Å². The summed E-state index contributed by atoms with van der Waals surface area (Å²) in [5.74, 6) is -0.447. The quantitative estimate of drug-likeness (QED) is 0.688. The van der Waals surface area contributed by atoms with Gasteiger partial charge in [0, 0.05) is 18.4 Å². The lowest BCUT2D eigenvalue weighted by Crippen LogP contribution is -2.46. The molecular formula is C11H16N4O2. The van der Waals surface area contributed by atoms with Gasteiger partial charge in [-0.1, -0.05) is 6.07 Å². The number of imide groups is 1. The van der Waals surface area contributed by atoms with Gasteiger partial charge in [0.05, 0.1) is 6.04 Å². The molecule has 0 bridgehead atoms. The number of rotatable bonds is 4. The van der Waals surface area contributed by atoms with Gasteiger partial charge < -0.3 is 11.1 Å². The van der Waals surface area contributed by atoms with Crippen LogP contribution in [-0.4, -0.2) is 23.0 Å². The van der Waals surface area contributed by atoms with Crippen LogP contribution in [0.3, 0.4) is 0 Å². The molecule has 6 nitrogen and oxygen atoms in total. The first-order valence-electron chi connectivity index (χ1n) is 5.24. The fourth-order valence-corrected chi connectivity index (χ4v) is 1.20. The summed E-state index contributed by atoms with van der Waals surface area (Å²) in [6.07, 6.45) is 1.74. The topological polar surface area (TPSA) is 97.1 Å². The maximum atomic E-state index is 11.3. The molecule has 0 aliphatic carbocycles. The standard InChI is InChI=1S/C11H16N4O2/c1-7-3-4-9(5-13-7)6-14-8(2)10(16)15-11(12)17/h3-5,8,14H,6H2,1-2H3,(H3,12,15,16,17). The monoisotopic (exact) mass is 236 g/mol. The van der Waals surface area contributed by atoms with Crippen molar-refractivity contribution in [3.63, 3.8) is 0 Å². The van der Waals surface area contributed by atoms with Gasteiger partial charge >= 0.3 is 6.03 Å². The highest BCUT2D eigenvalue weighted by Gasteiger charge is 2.13. The van der Waals surface area contributed by atoms with Crippen LogP contribution >= 0.6 is 0 Å². The number of hydrogen-bond donors (Lipinski definition) is 3. The maximum absolute atomic E-state index is 11.3. The molecule has 1 unspecified atom stereocenters. The minimum Gasteiger partial charge on any atom is -0.351 e. The second-order valence-electron chi connectivity index (χ2n) is 3.76. The van der Waals surface area contributed by atoms with E-state index in [1.54, 1.807) is 13.1 Å². The third kappa shape index (κ3) is 4.60. The minimum absolute atomic E-state index is 0.447. The Hall–Kier alpha value is -1.95. The molecule has 0 aliphatic rings. The number of carbonyl (C=O) groups is 2. The Bertz CT molecular complexity index is 402. The number of amides is 3. The van der Waals surface area contributed by atoms with Crippen LogP contribution in [0, 0.1) is 6.92 Å². The van der Waals surface area contributed by atoms with E-state index in [0.29, 0.717) is 6.54 Å². The second kappa shape index (κ2) is 5.95. The van der Waals surface area contributed by atoms with Gasteiger partial charge in [0.1, 0.15) is 0 Å². The molecule has 1 aromatic rings. The van der Waals surface area contributed by atoms with E-state index in [4.69, 9.17) is 5.73 Å². The van der Waals surface area contributed by atoms with Crippen LogP contribution < -0.4 is 16.4 Å². The number of hydrogen-bond acceptors (Lipinski definition) is 4. The first-order valence-corrected chi connectivity index (χ1v) is 5.24. The van der Waals surface area contributed by atoms with Crippen LogP contribution in [-0.2, 0) is 11.3 Å². The molecule has 0 aromatic carbocycles. The average Bonchev–Trinajstić information content (AvgIpc) is 2.27. The normalized spacial score (nSPS) is 11.9. The van der Waals surface area contributed by atoms with E-state index >= 15 is 0 Å². The van der Waals surface area contributed by atoms with Crippen molar-refractivity contribution in [2.45, 2.75) is 26.4 Å². The number of aromatic nitrogens is 1. The molecule has 1 aromatic heterocycles. The van der Waals surface area contributed by atoms with E-state index in [1.807, 2.05) is 24.4 Å². The van der Waals surface area contributed by atoms with Gasteiger partial charge in [0.2, 0.25) is 5.91 Å². The Morgan fingerprint density at radius 2 is 2.18 bits per heavy atom. The van der Waals surface area contributed by atoms with Gasteiger partial charge in [-0.15, -0.1) is 0 Å². The molecule has 1 rings (SSSR count). The van der Waals surface area contributed by atoms with Gasteiger partial charge in [0.25, 0.3) is 0 Å². The lowest BCUT2D eigenvalue weighted by Gasteiger charge is -2.12. The fraction of sp³-hybridized carbons (Fsp3) is 0.364. The SMILES string of the molecule is Cc1ccc(CNC(C)C(=O)NC(N)=O)cn1. The van der Waals surface area contributed by atoms with Crippen LogP contribution in [0.5, 0.6) is 0 Å². The lowest BCUT2D eigenvalue weighted by molar-refractivity contribution is -0.121. The van der Waals surface area contributed by atoms with Gasteiger partial charge in [-0.3, -0.25) is 15.1 Å². The molecule has 1 heterocycles. The Morgan fingerprint density at radius 3 is 2.71 bits per heavy atom. The number of nitrogens with two attached hydrogens (primary N) is 1. The number of aryl methyl sites for hydroxylation is 1. The van der Waals surface area contributed by atoms with E-state index in [2.05, 4.69) is 10.3 Å². The molecule has 92 valence electrons. The third-order valence-corrected chi connectivity index (χ3v) is 2.22. The summed E-state index contributed by atoms with van der Waals surface area (Å²) in [6.45, 7) is 4.06. The fourth-order valence-electron chi connectivity index (χ4n) is 1.20. The molecule has 0 spiro atoms. The van der Waals surface area contributed by atoms with Crippen LogP contribution in [0.15, 0.2) is 18.3 Å². The van der Waals surface area contributed by atoms with Gasteiger partial charge in [-0.2, -0.15) is 0 Å². The number of primary amides is 1. The van der Waals surface area contributed by atoms with Crippen molar-refractivity contribution in [3.05, 3.63) is 29.6 Å². The van der Waals surface area contributed by atoms with Crippen molar-refractivity contribution in [2.24, 2.45) is 5.73 Å². The van der Waals surface area contributed by atoms with E-state index in [-0.39, 0.29) is 0 Å². The predicted molar refractivity (Wildman–Crippen MR) is 63.0 cm³/mol. The molecule has 1 atom stereocenters. The highest BCUT2D eigenvalue weighted by molar-refractivity contribution is 5.96. The van der Waals surface area contributed by atoms with Crippen molar-refractivity contribution in [2.75, 3.05) is 0 Å². The summed E-state index contributed by atoms with van der Waals surface area (Å²) in [6, 6.07) is 2.48. The highest BCUT2D eigenvalue weighted by Crippen LogP contribution is 1.99. The molecule has 0 saturated carbocycles. The summed E-state index contributed by atoms with van der Waals surface area (Å²) >= 11 is 0. The zero-order chi connectivity index (χ0) is 12.8. The minimum atomic E-state index is -0.847. The Labute approximate surface area is 99.6 Å². The molecule has 3 amide bonds.